The molecule has 1 aliphatic heterocycles. The summed E-state index contributed by atoms with van der Waals surface area (Å²) < 4.78 is 9.81. The third-order valence-electron chi connectivity index (χ3n) is 1.04. The quantitative estimate of drug-likeness (QED) is 0.453. The second-order valence-corrected chi connectivity index (χ2v) is 1.75. The molecule has 1 fully saturated rings. The highest BCUT2D eigenvalue weighted by Gasteiger charge is 2.30. The molecule has 3 nitrogen and oxygen atoms in total. The molecule has 0 N–H and O–H groups in total. The summed E-state index contributed by atoms with van der Waals surface area (Å²) in [5.41, 5.74) is 0. The van der Waals surface area contributed by atoms with Crippen LogP contribution in [0.3, 0.4) is 0 Å². The molecule has 0 bridgehead atoms. The van der Waals surface area contributed by atoms with Crippen molar-refractivity contribution >= 4 is 0 Å². The van der Waals surface area contributed by atoms with E-state index in [1.807, 2.05) is 6.07 Å². The van der Waals surface area contributed by atoms with Crippen molar-refractivity contribution < 1.29 is 9.47 Å². The van der Waals surface area contributed by atoms with Gasteiger partial charge in [0.2, 0.25) is 0 Å². The van der Waals surface area contributed by atoms with Gasteiger partial charge in [0, 0.05) is 6.92 Å². The lowest BCUT2D eigenvalue weighted by molar-refractivity contribution is -0.0927. The number of rotatable bonds is 0. The number of ether oxygens (including phenoxy) is 2. The lowest BCUT2D eigenvalue weighted by atomic mass is 10.4. The van der Waals surface area contributed by atoms with E-state index in [-0.39, 0.29) is 0 Å². The zero-order valence-electron chi connectivity index (χ0n) is 4.68. The fourth-order valence-corrected chi connectivity index (χ4v) is 0.579. The van der Waals surface area contributed by atoms with Gasteiger partial charge in [0.15, 0.2) is 0 Å². The van der Waals surface area contributed by atoms with E-state index in [1.54, 1.807) is 6.92 Å². The summed E-state index contributed by atoms with van der Waals surface area (Å²) in [6.45, 7) is 2.67. The van der Waals surface area contributed by atoms with E-state index in [9.17, 15) is 0 Å². The maximum absolute atomic E-state index is 8.33. The average molecular weight is 113 g/mol. The predicted octanol–water partition coefficient (Wildman–Crippen LogP) is 0.273. The highest BCUT2D eigenvalue weighted by Crippen LogP contribution is 2.15. The van der Waals surface area contributed by atoms with Gasteiger partial charge in [-0.3, -0.25) is 0 Å². The van der Waals surface area contributed by atoms with Gasteiger partial charge in [0.1, 0.15) is 6.07 Å². The maximum Gasteiger partial charge on any atom is 0.256 e. The first-order valence-corrected chi connectivity index (χ1v) is 2.46. The van der Waals surface area contributed by atoms with Crippen LogP contribution >= 0.6 is 0 Å². The summed E-state index contributed by atoms with van der Waals surface area (Å²) in [6, 6.07) is 1.90. The molecule has 0 aromatic rings. The summed E-state index contributed by atoms with van der Waals surface area (Å²) in [5, 5.41) is 8.33. The first-order chi connectivity index (χ1) is 3.77. The minimum absolute atomic E-state index is 0.532. The van der Waals surface area contributed by atoms with E-state index < -0.39 is 5.79 Å². The Morgan fingerprint density at radius 3 is 2.25 bits per heavy atom. The van der Waals surface area contributed by atoms with Gasteiger partial charge in [0.25, 0.3) is 5.79 Å². The smallest absolute Gasteiger partial charge is 0.256 e. The monoisotopic (exact) mass is 113 g/mol. The number of nitrogens with zero attached hydrogens (tertiary/aromatic N) is 1. The van der Waals surface area contributed by atoms with Gasteiger partial charge < -0.3 is 9.47 Å². The molecule has 8 heavy (non-hydrogen) atoms. The van der Waals surface area contributed by atoms with Gasteiger partial charge in [0.05, 0.1) is 13.2 Å². The molecule has 0 atom stereocenters. The number of hydrogen-bond donors (Lipinski definition) is 0. The summed E-state index contributed by atoms with van der Waals surface area (Å²) in [7, 11) is 0. The second kappa shape index (κ2) is 1.73. The predicted molar refractivity (Wildman–Crippen MR) is 25.9 cm³/mol. The van der Waals surface area contributed by atoms with E-state index >= 15 is 0 Å². The summed E-state index contributed by atoms with van der Waals surface area (Å²) >= 11 is 0. The SMILES string of the molecule is CC1(C#N)OCCO1. The van der Waals surface area contributed by atoms with E-state index in [4.69, 9.17) is 14.7 Å². The Labute approximate surface area is 47.8 Å². The van der Waals surface area contributed by atoms with Crippen molar-refractivity contribution in [3.8, 4) is 6.07 Å². The lowest BCUT2D eigenvalue weighted by Crippen LogP contribution is -2.21. The Kier molecular flexibility index (Phi) is 1.20. The molecule has 0 amide bonds. The van der Waals surface area contributed by atoms with Crippen LogP contribution in [-0.4, -0.2) is 19.0 Å². The highest BCUT2D eigenvalue weighted by molar-refractivity contribution is 4.91. The van der Waals surface area contributed by atoms with Crippen molar-refractivity contribution in [3.63, 3.8) is 0 Å². The van der Waals surface area contributed by atoms with Crippen LogP contribution in [0.5, 0.6) is 0 Å². The molecule has 1 saturated heterocycles. The second-order valence-electron chi connectivity index (χ2n) is 1.75. The Morgan fingerprint density at radius 2 is 2.00 bits per heavy atom. The van der Waals surface area contributed by atoms with Gasteiger partial charge in [-0.2, -0.15) is 5.26 Å². The van der Waals surface area contributed by atoms with Gasteiger partial charge in [-0.1, -0.05) is 0 Å². The van der Waals surface area contributed by atoms with Crippen LogP contribution < -0.4 is 0 Å². The number of hydrogen-bond acceptors (Lipinski definition) is 3. The molecular weight excluding hydrogens is 106 g/mol. The largest absolute Gasteiger partial charge is 0.336 e. The first kappa shape index (κ1) is 5.54. The minimum Gasteiger partial charge on any atom is -0.336 e. The van der Waals surface area contributed by atoms with Gasteiger partial charge >= 0.3 is 0 Å². The Morgan fingerprint density at radius 1 is 1.50 bits per heavy atom. The van der Waals surface area contributed by atoms with Crippen LogP contribution in [0.15, 0.2) is 0 Å². The van der Waals surface area contributed by atoms with Crippen molar-refractivity contribution in [2.24, 2.45) is 0 Å². The summed E-state index contributed by atoms with van der Waals surface area (Å²) in [4.78, 5) is 0. The van der Waals surface area contributed by atoms with Crippen LogP contribution in [0.1, 0.15) is 6.92 Å². The fraction of sp³-hybridized carbons (Fsp3) is 0.800. The molecule has 0 aliphatic carbocycles. The van der Waals surface area contributed by atoms with Crippen molar-refractivity contribution in [2.45, 2.75) is 12.7 Å². The molecule has 44 valence electrons. The van der Waals surface area contributed by atoms with E-state index in [2.05, 4.69) is 0 Å². The van der Waals surface area contributed by atoms with Crippen molar-refractivity contribution in [1.29, 1.82) is 5.26 Å². The third-order valence-corrected chi connectivity index (χ3v) is 1.04. The lowest BCUT2D eigenvalue weighted by Gasteiger charge is -2.09. The molecule has 3 heteroatoms. The van der Waals surface area contributed by atoms with Gasteiger partial charge in [-0.15, -0.1) is 0 Å². The van der Waals surface area contributed by atoms with E-state index in [0.29, 0.717) is 13.2 Å². The molecule has 1 aliphatic rings. The van der Waals surface area contributed by atoms with Crippen molar-refractivity contribution in [2.75, 3.05) is 13.2 Å². The number of nitriles is 1. The van der Waals surface area contributed by atoms with Crippen molar-refractivity contribution in [3.05, 3.63) is 0 Å². The molecule has 0 aromatic heterocycles. The topological polar surface area (TPSA) is 42.2 Å². The van der Waals surface area contributed by atoms with Crippen LogP contribution in [-0.2, 0) is 9.47 Å². The fourth-order valence-electron chi connectivity index (χ4n) is 0.579. The van der Waals surface area contributed by atoms with Crippen LogP contribution in [0.2, 0.25) is 0 Å². The summed E-state index contributed by atoms with van der Waals surface area (Å²) in [5.74, 6) is -0.958. The average Bonchev–Trinajstić information content (AvgIpc) is 2.17. The van der Waals surface area contributed by atoms with E-state index in [0.717, 1.165) is 0 Å². The zero-order chi connectivity index (χ0) is 6.04. The van der Waals surface area contributed by atoms with Crippen LogP contribution in [0.25, 0.3) is 0 Å². The molecule has 1 rings (SSSR count). The molecule has 1 heterocycles. The molecule has 0 saturated carbocycles. The standard InChI is InChI=1S/C5H7NO2/c1-5(4-6)7-2-3-8-5/h2-3H2,1H3. The van der Waals surface area contributed by atoms with Crippen molar-refractivity contribution in [1.82, 2.24) is 0 Å². The molecule has 0 unspecified atom stereocenters. The first-order valence-electron chi connectivity index (χ1n) is 2.46. The Bertz CT molecular complexity index is 121. The molecular formula is C5H7NO2. The van der Waals surface area contributed by atoms with Gasteiger partial charge in [-0.25, -0.2) is 0 Å². The summed E-state index contributed by atoms with van der Waals surface area (Å²) in [6.07, 6.45) is 0. The molecule has 0 spiro atoms. The minimum atomic E-state index is -0.958. The molecule has 0 radical (unpaired) electrons. The maximum atomic E-state index is 8.33. The highest BCUT2D eigenvalue weighted by atomic mass is 16.7. The molecule has 0 aromatic carbocycles. The van der Waals surface area contributed by atoms with E-state index in [1.165, 1.54) is 0 Å². The van der Waals surface area contributed by atoms with Crippen LogP contribution in [0, 0.1) is 11.3 Å². The Balaban J connectivity index is 2.56. The zero-order valence-corrected chi connectivity index (χ0v) is 4.68. The van der Waals surface area contributed by atoms with Crippen LogP contribution in [0.4, 0.5) is 0 Å². The normalized spacial score (nSPS) is 25.0. The third kappa shape index (κ3) is 0.808. The van der Waals surface area contributed by atoms with Gasteiger partial charge in [-0.05, 0) is 0 Å². The Hall–Kier alpha value is -0.590.